The summed E-state index contributed by atoms with van der Waals surface area (Å²) in [6, 6.07) is 17.1. The van der Waals surface area contributed by atoms with Gasteiger partial charge in [-0.2, -0.15) is 0 Å². The van der Waals surface area contributed by atoms with Gasteiger partial charge in [0.05, 0.1) is 23.7 Å². The average molecular weight is 518 g/mol. The van der Waals surface area contributed by atoms with Crippen molar-refractivity contribution in [3.63, 3.8) is 0 Å². The third-order valence-electron chi connectivity index (χ3n) is 5.77. The summed E-state index contributed by atoms with van der Waals surface area (Å²) < 4.78 is 11.5. The fraction of sp³-hybridized carbons (Fsp3) is 0.276. The molecule has 0 saturated carbocycles. The summed E-state index contributed by atoms with van der Waals surface area (Å²) in [5.74, 6) is 0.115. The van der Waals surface area contributed by atoms with Gasteiger partial charge in [0.1, 0.15) is 19.0 Å². The maximum Gasteiger partial charge on any atom is 0.338 e. The highest BCUT2D eigenvalue weighted by Crippen LogP contribution is 2.45. The number of fused-ring (bicyclic) bond motifs is 1. The number of thioether (sulfide) groups is 1. The van der Waals surface area contributed by atoms with Crippen LogP contribution in [0.1, 0.15) is 44.4 Å². The minimum Gasteiger partial charge on any atom is -0.489 e. The Labute approximate surface area is 221 Å². The first-order valence-corrected chi connectivity index (χ1v) is 13.0. The molecule has 192 valence electrons. The lowest BCUT2D eigenvalue weighted by molar-refractivity contribution is -0.138. The molecule has 1 N–H and O–H groups in total. The van der Waals surface area contributed by atoms with Crippen LogP contribution in [0.3, 0.4) is 0 Å². The molecule has 0 bridgehead atoms. The van der Waals surface area contributed by atoms with Crippen LogP contribution in [-0.4, -0.2) is 34.6 Å². The molecule has 37 heavy (non-hydrogen) atoms. The predicted molar refractivity (Wildman–Crippen MR) is 147 cm³/mol. The molecule has 0 spiro atoms. The molecule has 4 rings (SSSR count). The molecule has 0 aliphatic carbocycles. The Hall–Kier alpha value is -3.78. The zero-order chi connectivity index (χ0) is 26.4. The average Bonchev–Trinajstić information content (AvgIpc) is 3.27. The molecule has 2 aromatic rings. The first-order chi connectivity index (χ1) is 17.9. The zero-order valence-corrected chi connectivity index (χ0v) is 22.1. The van der Waals surface area contributed by atoms with Gasteiger partial charge in [-0.3, -0.25) is 4.79 Å². The Kier molecular flexibility index (Phi) is 8.50. The van der Waals surface area contributed by atoms with E-state index >= 15 is 0 Å². The summed E-state index contributed by atoms with van der Waals surface area (Å²) in [5.41, 5.74) is 3.66. The van der Waals surface area contributed by atoms with Crippen LogP contribution in [0.2, 0.25) is 0 Å². The number of aliphatic imine (C=N–C) groups is 1. The lowest BCUT2D eigenvalue weighted by Gasteiger charge is -2.36. The van der Waals surface area contributed by atoms with E-state index in [-0.39, 0.29) is 25.0 Å². The molecule has 7 nitrogen and oxygen atoms in total. The van der Waals surface area contributed by atoms with E-state index in [0.717, 1.165) is 16.8 Å². The number of nitrogens with one attached hydrogen (secondary N) is 1. The van der Waals surface area contributed by atoms with E-state index in [0.29, 0.717) is 28.8 Å². The van der Waals surface area contributed by atoms with Gasteiger partial charge in [0, 0.05) is 11.7 Å². The van der Waals surface area contributed by atoms with Crippen molar-refractivity contribution in [2.75, 3.05) is 6.61 Å². The first kappa shape index (κ1) is 26.3. The van der Waals surface area contributed by atoms with E-state index < -0.39 is 12.0 Å². The van der Waals surface area contributed by atoms with Crippen LogP contribution in [-0.2, 0) is 20.9 Å². The monoisotopic (exact) mass is 517 g/mol. The van der Waals surface area contributed by atoms with Gasteiger partial charge < -0.3 is 19.7 Å². The Morgan fingerprint density at radius 2 is 1.97 bits per heavy atom. The largest absolute Gasteiger partial charge is 0.489 e. The minimum atomic E-state index is -0.529. The van der Waals surface area contributed by atoms with Crippen molar-refractivity contribution in [3.05, 3.63) is 101 Å². The van der Waals surface area contributed by atoms with Crippen molar-refractivity contribution in [1.29, 1.82) is 0 Å². The van der Waals surface area contributed by atoms with Crippen LogP contribution < -0.4 is 10.1 Å². The van der Waals surface area contributed by atoms with E-state index in [1.807, 2.05) is 85.7 Å². The van der Waals surface area contributed by atoms with E-state index in [4.69, 9.17) is 14.5 Å². The van der Waals surface area contributed by atoms with E-state index in [1.165, 1.54) is 17.8 Å². The third kappa shape index (κ3) is 6.32. The van der Waals surface area contributed by atoms with Crippen molar-refractivity contribution >= 4 is 28.8 Å². The second kappa shape index (κ2) is 12.0. The van der Waals surface area contributed by atoms with Gasteiger partial charge in [-0.05, 0) is 49.4 Å². The van der Waals surface area contributed by atoms with Gasteiger partial charge in [0.15, 0.2) is 5.17 Å². The number of hydrogen-bond acceptors (Lipinski definition) is 7. The highest BCUT2D eigenvalue weighted by molar-refractivity contribution is 8.16. The van der Waals surface area contributed by atoms with Crippen LogP contribution in [0.25, 0.3) is 0 Å². The highest BCUT2D eigenvalue weighted by atomic mass is 32.2. The van der Waals surface area contributed by atoms with Gasteiger partial charge in [0.25, 0.3) is 0 Å². The molecule has 2 heterocycles. The molecule has 0 saturated heterocycles. The van der Waals surface area contributed by atoms with Gasteiger partial charge in [-0.1, -0.05) is 66.9 Å². The maximum absolute atomic E-state index is 13.2. The number of nitrogens with zero attached hydrogens (tertiary/aromatic N) is 2. The normalized spacial score (nSPS) is 16.6. The number of carbonyl (C=O) groups excluding carboxylic acids is 2. The van der Waals surface area contributed by atoms with Crippen molar-refractivity contribution < 1.29 is 19.1 Å². The van der Waals surface area contributed by atoms with E-state index in [1.54, 1.807) is 0 Å². The molecule has 2 aliphatic rings. The SMILES string of the molecule is C=CCOC(=O)C1=C(C)N=C2SC=C(CC(=O)NC(C)C)N2C1c1cccc(OCc2ccccc2)c1. The quantitative estimate of drug-likeness (QED) is 0.332. The topological polar surface area (TPSA) is 80.2 Å². The van der Waals surface area contributed by atoms with Crippen LogP contribution in [0, 0.1) is 0 Å². The molecule has 8 heteroatoms. The molecule has 0 radical (unpaired) electrons. The molecule has 0 aromatic heterocycles. The van der Waals surface area contributed by atoms with Gasteiger partial charge in [-0.15, -0.1) is 0 Å². The van der Waals surface area contributed by atoms with Gasteiger partial charge in [0.2, 0.25) is 5.91 Å². The third-order valence-corrected chi connectivity index (χ3v) is 6.66. The second-order valence-electron chi connectivity index (χ2n) is 9.03. The Bertz CT molecular complexity index is 1270. The number of rotatable bonds is 10. The van der Waals surface area contributed by atoms with Crippen LogP contribution >= 0.6 is 11.8 Å². The fourth-order valence-electron chi connectivity index (χ4n) is 4.21. The summed E-state index contributed by atoms with van der Waals surface area (Å²) in [4.78, 5) is 32.6. The number of amidine groups is 1. The number of ether oxygens (including phenoxy) is 2. The number of allylic oxidation sites excluding steroid dienone is 1. The van der Waals surface area contributed by atoms with Crippen LogP contribution in [0.5, 0.6) is 5.75 Å². The summed E-state index contributed by atoms with van der Waals surface area (Å²) in [7, 11) is 0. The molecule has 1 amide bonds. The number of carbonyl (C=O) groups is 2. The molecule has 2 aliphatic heterocycles. The number of hydrogen-bond donors (Lipinski definition) is 1. The Morgan fingerprint density at radius 3 is 2.70 bits per heavy atom. The number of amides is 1. The second-order valence-corrected chi connectivity index (χ2v) is 9.86. The number of esters is 1. The van der Waals surface area contributed by atoms with E-state index in [2.05, 4.69) is 11.9 Å². The fourth-order valence-corrected chi connectivity index (χ4v) is 5.18. The first-order valence-electron chi connectivity index (χ1n) is 12.2. The maximum atomic E-state index is 13.2. The van der Waals surface area contributed by atoms with Gasteiger partial charge >= 0.3 is 5.97 Å². The predicted octanol–water partition coefficient (Wildman–Crippen LogP) is 5.48. The van der Waals surface area contributed by atoms with Crippen molar-refractivity contribution in [3.8, 4) is 5.75 Å². The zero-order valence-electron chi connectivity index (χ0n) is 21.3. The highest BCUT2D eigenvalue weighted by Gasteiger charge is 2.41. The minimum absolute atomic E-state index is 0.0254. The van der Waals surface area contributed by atoms with Crippen LogP contribution in [0.15, 0.2) is 94.6 Å². The molecular weight excluding hydrogens is 486 g/mol. The van der Waals surface area contributed by atoms with Crippen LogP contribution in [0.4, 0.5) is 0 Å². The van der Waals surface area contributed by atoms with E-state index in [9.17, 15) is 9.59 Å². The standard InChI is InChI=1S/C29H31N3O4S/c1-5-14-35-28(34)26-20(4)31-29-32(23(18-37-29)16-25(33)30-19(2)3)27(26)22-12-9-13-24(15-22)36-17-21-10-7-6-8-11-21/h5-13,15,18-19,27H,1,14,16-17H2,2-4H3,(H,30,33). The van der Waals surface area contributed by atoms with Crippen molar-refractivity contribution in [1.82, 2.24) is 10.2 Å². The molecule has 1 unspecified atom stereocenters. The smallest absolute Gasteiger partial charge is 0.338 e. The number of benzene rings is 2. The van der Waals surface area contributed by atoms with Crippen molar-refractivity contribution in [2.45, 2.75) is 45.9 Å². The molecule has 1 atom stereocenters. The summed E-state index contributed by atoms with van der Waals surface area (Å²) >= 11 is 1.44. The Morgan fingerprint density at radius 1 is 1.19 bits per heavy atom. The molecular formula is C29H31N3O4S. The summed E-state index contributed by atoms with van der Waals surface area (Å²) in [5, 5.41) is 5.58. The van der Waals surface area contributed by atoms with Gasteiger partial charge in [-0.25, -0.2) is 9.79 Å². The summed E-state index contributed by atoms with van der Waals surface area (Å²) in [6.45, 7) is 9.81. The molecule has 2 aromatic carbocycles. The molecule has 0 fully saturated rings. The Balaban J connectivity index is 1.68. The summed E-state index contributed by atoms with van der Waals surface area (Å²) in [6.07, 6.45) is 1.70. The lowest BCUT2D eigenvalue weighted by Crippen LogP contribution is -2.38. The lowest BCUT2D eigenvalue weighted by atomic mass is 9.93. The van der Waals surface area contributed by atoms with Crippen molar-refractivity contribution in [2.24, 2.45) is 4.99 Å².